The summed E-state index contributed by atoms with van der Waals surface area (Å²) in [5.41, 5.74) is 1.32. The van der Waals surface area contributed by atoms with Gasteiger partial charge in [-0.05, 0) is 24.6 Å². The second-order valence-corrected chi connectivity index (χ2v) is 2.32. The molecule has 1 nitrogen and oxygen atoms in total. The van der Waals surface area contributed by atoms with Crippen LogP contribution < -0.4 is 4.72 Å². The number of benzene rings is 1. The highest BCUT2D eigenvalue weighted by molar-refractivity contribution is 7.81. The lowest BCUT2D eigenvalue weighted by molar-refractivity contribution is 0.631. The van der Waals surface area contributed by atoms with Crippen LogP contribution in [0.15, 0.2) is 18.2 Å². The van der Waals surface area contributed by atoms with E-state index in [0.29, 0.717) is 5.69 Å². The summed E-state index contributed by atoms with van der Waals surface area (Å²) in [4.78, 5) is 0. The maximum absolute atomic E-state index is 12.7. The zero-order valence-electron chi connectivity index (χ0n) is 5.56. The molecule has 0 amide bonds. The Hall–Kier alpha value is -0.700. The second kappa shape index (κ2) is 2.92. The molecule has 0 atom stereocenters. The highest BCUT2D eigenvalue weighted by Gasteiger charge is 1.97. The maximum atomic E-state index is 12.7. The van der Waals surface area contributed by atoms with Gasteiger partial charge in [-0.25, -0.2) is 4.39 Å². The Kier molecular flexibility index (Phi) is 2.17. The van der Waals surface area contributed by atoms with E-state index in [1.807, 2.05) is 13.0 Å². The molecular weight excluding hydrogens is 149 g/mol. The van der Waals surface area contributed by atoms with Crippen LogP contribution in [0.2, 0.25) is 0 Å². The summed E-state index contributed by atoms with van der Waals surface area (Å²) in [5, 5.41) is 0. The third kappa shape index (κ3) is 1.42. The summed E-state index contributed by atoms with van der Waals surface area (Å²) in [6, 6.07) is 4.93. The molecule has 0 aliphatic heterocycles. The minimum absolute atomic E-state index is 0.269. The SMILES string of the molecule is Cc1ccc(NS)c(F)c1. The van der Waals surface area contributed by atoms with Gasteiger partial charge in [0.2, 0.25) is 0 Å². The van der Waals surface area contributed by atoms with E-state index >= 15 is 0 Å². The maximum Gasteiger partial charge on any atom is 0.147 e. The third-order valence-electron chi connectivity index (χ3n) is 1.25. The number of hydrogen-bond acceptors (Lipinski definition) is 2. The van der Waals surface area contributed by atoms with Crippen LogP contribution in [-0.2, 0) is 0 Å². The van der Waals surface area contributed by atoms with Crippen molar-refractivity contribution in [3.8, 4) is 0 Å². The average molecular weight is 157 g/mol. The minimum atomic E-state index is -0.269. The number of anilines is 1. The van der Waals surface area contributed by atoms with Crippen LogP contribution >= 0.6 is 12.8 Å². The molecule has 0 radical (unpaired) electrons. The lowest BCUT2D eigenvalue weighted by atomic mass is 10.2. The summed E-state index contributed by atoms with van der Waals surface area (Å²) in [5.74, 6) is -0.269. The third-order valence-corrected chi connectivity index (χ3v) is 1.49. The van der Waals surface area contributed by atoms with Gasteiger partial charge in [0.15, 0.2) is 0 Å². The predicted molar refractivity (Wildman–Crippen MR) is 43.7 cm³/mol. The predicted octanol–water partition coefficient (Wildman–Crippen LogP) is 2.39. The van der Waals surface area contributed by atoms with Crippen LogP contribution in [0.5, 0.6) is 0 Å². The molecule has 0 heterocycles. The molecule has 0 fully saturated rings. The zero-order valence-corrected chi connectivity index (χ0v) is 6.45. The van der Waals surface area contributed by atoms with E-state index in [2.05, 4.69) is 17.5 Å². The molecule has 54 valence electrons. The molecular formula is C7H8FNS. The van der Waals surface area contributed by atoms with Crippen LogP contribution in [0.3, 0.4) is 0 Å². The van der Waals surface area contributed by atoms with Gasteiger partial charge in [0.25, 0.3) is 0 Å². The number of thiol groups is 1. The fourth-order valence-corrected chi connectivity index (χ4v) is 0.892. The normalized spacial score (nSPS) is 9.50. The Labute approximate surface area is 64.8 Å². The fourth-order valence-electron chi connectivity index (χ4n) is 0.711. The zero-order chi connectivity index (χ0) is 7.56. The molecule has 1 aromatic carbocycles. The van der Waals surface area contributed by atoms with Crippen molar-refractivity contribution in [2.75, 3.05) is 4.72 Å². The van der Waals surface area contributed by atoms with Crippen molar-refractivity contribution in [3.05, 3.63) is 29.6 Å². The van der Waals surface area contributed by atoms with Crippen molar-refractivity contribution in [1.29, 1.82) is 0 Å². The first-order chi connectivity index (χ1) is 4.74. The summed E-state index contributed by atoms with van der Waals surface area (Å²) < 4.78 is 15.2. The second-order valence-electron chi connectivity index (χ2n) is 2.10. The first-order valence-electron chi connectivity index (χ1n) is 2.90. The summed E-state index contributed by atoms with van der Waals surface area (Å²) in [7, 11) is 0. The van der Waals surface area contributed by atoms with Crippen LogP contribution in [0.4, 0.5) is 10.1 Å². The van der Waals surface area contributed by atoms with Crippen molar-refractivity contribution < 1.29 is 4.39 Å². The standard InChI is InChI=1S/C7H8FNS/c1-5-2-3-7(9-10)6(8)4-5/h2-4,9-10H,1H3. The van der Waals surface area contributed by atoms with Gasteiger partial charge < -0.3 is 4.72 Å². The van der Waals surface area contributed by atoms with Crippen molar-refractivity contribution >= 4 is 18.5 Å². The smallest absolute Gasteiger partial charge is 0.147 e. The van der Waals surface area contributed by atoms with Gasteiger partial charge in [-0.3, -0.25) is 0 Å². The molecule has 1 aromatic rings. The van der Waals surface area contributed by atoms with E-state index in [4.69, 9.17) is 0 Å². The van der Waals surface area contributed by atoms with Gasteiger partial charge in [-0.2, -0.15) is 0 Å². The average Bonchev–Trinajstić information content (AvgIpc) is 1.88. The number of nitrogens with one attached hydrogen (secondary N) is 1. The summed E-state index contributed by atoms with van der Waals surface area (Å²) >= 11 is 3.72. The lowest BCUT2D eigenvalue weighted by Crippen LogP contribution is -1.86. The van der Waals surface area contributed by atoms with Crippen molar-refractivity contribution in [3.63, 3.8) is 0 Å². The van der Waals surface area contributed by atoms with E-state index in [0.717, 1.165) is 5.56 Å². The Morgan fingerprint density at radius 1 is 1.50 bits per heavy atom. The molecule has 0 unspecified atom stereocenters. The molecule has 10 heavy (non-hydrogen) atoms. The quantitative estimate of drug-likeness (QED) is 0.596. The Morgan fingerprint density at radius 3 is 2.70 bits per heavy atom. The number of halogens is 1. The first kappa shape index (κ1) is 7.41. The van der Waals surface area contributed by atoms with Gasteiger partial charge in [0.05, 0.1) is 5.69 Å². The minimum Gasteiger partial charge on any atom is -0.330 e. The molecule has 0 saturated carbocycles. The molecule has 0 aromatic heterocycles. The highest BCUT2D eigenvalue weighted by Crippen LogP contribution is 2.15. The summed E-state index contributed by atoms with van der Waals surface area (Å²) in [6.07, 6.45) is 0. The monoisotopic (exact) mass is 157 g/mol. The summed E-state index contributed by atoms with van der Waals surface area (Å²) in [6.45, 7) is 1.84. The van der Waals surface area contributed by atoms with E-state index in [9.17, 15) is 4.39 Å². The largest absolute Gasteiger partial charge is 0.330 e. The molecule has 0 bridgehead atoms. The highest BCUT2D eigenvalue weighted by atomic mass is 32.1. The van der Waals surface area contributed by atoms with Gasteiger partial charge in [0, 0.05) is 0 Å². The number of aryl methyl sites for hydroxylation is 1. The molecule has 3 heteroatoms. The number of hydrogen-bond donors (Lipinski definition) is 2. The van der Waals surface area contributed by atoms with Crippen LogP contribution in [0.1, 0.15) is 5.56 Å². The molecule has 0 saturated heterocycles. The van der Waals surface area contributed by atoms with Gasteiger partial charge in [0.1, 0.15) is 5.82 Å². The Morgan fingerprint density at radius 2 is 2.20 bits per heavy atom. The van der Waals surface area contributed by atoms with E-state index in [1.54, 1.807) is 6.07 Å². The molecule has 1 rings (SSSR count). The lowest BCUT2D eigenvalue weighted by Gasteiger charge is -2.00. The van der Waals surface area contributed by atoms with Crippen LogP contribution in [0, 0.1) is 12.7 Å². The van der Waals surface area contributed by atoms with E-state index < -0.39 is 0 Å². The van der Waals surface area contributed by atoms with E-state index in [-0.39, 0.29) is 5.82 Å². The Balaban J connectivity index is 3.07. The molecule has 1 N–H and O–H groups in total. The van der Waals surface area contributed by atoms with Crippen LogP contribution in [-0.4, -0.2) is 0 Å². The van der Waals surface area contributed by atoms with Crippen molar-refractivity contribution in [1.82, 2.24) is 0 Å². The topological polar surface area (TPSA) is 12.0 Å². The van der Waals surface area contributed by atoms with Gasteiger partial charge in [-0.1, -0.05) is 18.9 Å². The van der Waals surface area contributed by atoms with Crippen molar-refractivity contribution in [2.45, 2.75) is 6.92 Å². The molecule has 0 spiro atoms. The van der Waals surface area contributed by atoms with E-state index in [1.165, 1.54) is 6.07 Å². The molecule has 0 aliphatic carbocycles. The van der Waals surface area contributed by atoms with Crippen molar-refractivity contribution in [2.24, 2.45) is 0 Å². The van der Waals surface area contributed by atoms with Gasteiger partial charge >= 0.3 is 0 Å². The van der Waals surface area contributed by atoms with Crippen LogP contribution in [0.25, 0.3) is 0 Å². The number of rotatable bonds is 1. The molecule has 0 aliphatic rings. The first-order valence-corrected chi connectivity index (χ1v) is 3.35. The fraction of sp³-hybridized carbons (Fsp3) is 0.143. The Bertz CT molecular complexity index is 237. The van der Waals surface area contributed by atoms with Gasteiger partial charge in [-0.15, -0.1) is 0 Å².